The number of rotatable bonds is 9. The molecular formula is C36H33F2N3O4. The Hall–Kier alpha value is -5.05. The van der Waals surface area contributed by atoms with Crippen molar-refractivity contribution in [2.45, 2.75) is 46.7 Å². The van der Waals surface area contributed by atoms with Crippen LogP contribution < -0.4 is 0 Å². The zero-order valence-electron chi connectivity index (χ0n) is 25.6. The summed E-state index contributed by atoms with van der Waals surface area (Å²) in [6, 6.07) is 20.6. The Bertz CT molecular complexity index is 1990. The molecule has 3 aromatic heterocycles. The van der Waals surface area contributed by atoms with Crippen molar-refractivity contribution in [3.63, 3.8) is 0 Å². The van der Waals surface area contributed by atoms with Crippen molar-refractivity contribution >= 4 is 44.6 Å². The van der Waals surface area contributed by atoms with Gasteiger partial charge in [0.2, 0.25) is 0 Å². The standard InChI is InChI=1S/C36H33F2N3O4/c1-5-44-32(42)19-40-21(3)34(26-17-24(37)12-15-30(26)40)36(29-14-11-23-9-7-8-10-28(23)39-29)35-22(4)41(20-33(43)45-6-2)31-16-13-25(38)18-27(31)35/h7-18,36H,5-6,19-20H2,1-4H3. The van der Waals surface area contributed by atoms with Crippen LogP contribution in [0, 0.1) is 25.5 Å². The second-order valence-corrected chi connectivity index (χ2v) is 11.0. The molecule has 0 bridgehead atoms. The second kappa shape index (κ2) is 12.1. The molecule has 9 heteroatoms. The van der Waals surface area contributed by atoms with Gasteiger partial charge < -0.3 is 18.6 Å². The molecule has 0 radical (unpaired) electrons. The molecule has 0 saturated carbocycles. The average molecular weight is 610 g/mol. The van der Waals surface area contributed by atoms with Crippen molar-refractivity contribution in [1.29, 1.82) is 0 Å². The highest BCUT2D eigenvalue weighted by atomic mass is 19.1. The zero-order valence-corrected chi connectivity index (χ0v) is 25.6. The highest BCUT2D eigenvalue weighted by Gasteiger charge is 2.32. The van der Waals surface area contributed by atoms with Crippen LogP contribution >= 0.6 is 0 Å². The highest BCUT2D eigenvalue weighted by molar-refractivity contribution is 5.93. The van der Waals surface area contributed by atoms with Crippen molar-refractivity contribution in [3.05, 3.63) is 113 Å². The summed E-state index contributed by atoms with van der Waals surface area (Å²) < 4.78 is 44.2. The fourth-order valence-corrected chi connectivity index (χ4v) is 6.45. The van der Waals surface area contributed by atoms with E-state index < -0.39 is 29.5 Å². The van der Waals surface area contributed by atoms with Gasteiger partial charge in [-0.25, -0.2) is 8.78 Å². The third kappa shape index (κ3) is 5.43. The number of pyridine rings is 1. The van der Waals surface area contributed by atoms with Crippen LogP contribution in [-0.4, -0.2) is 39.3 Å². The minimum Gasteiger partial charge on any atom is -0.465 e. The van der Waals surface area contributed by atoms with E-state index >= 15 is 8.78 Å². The van der Waals surface area contributed by atoms with Gasteiger partial charge in [-0.3, -0.25) is 14.6 Å². The maximum atomic E-state index is 15.0. The third-order valence-electron chi connectivity index (χ3n) is 8.35. The Morgan fingerprint density at radius 2 is 1.24 bits per heavy atom. The summed E-state index contributed by atoms with van der Waals surface area (Å²) in [5.41, 5.74) is 5.59. The maximum Gasteiger partial charge on any atom is 0.325 e. The number of hydrogen-bond donors (Lipinski definition) is 0. The van der Waals surface area contributed by atoms with Gasteiger partial charge in [-0.15, -0.1) is 0 Å². The molecule has 0 saturated heterocycles. The Labute approximate surface area is 259 Å². The monoisotopic (exact) mass is 609 g/mol. The highest BCUT2D eigenvalue weighted by Crippen LogP contribution is 2.44. The molecule has 3 heterocycles. The van der Waals surface area contributed by atoms with Crippen LogP contribution in [0.15, 0.2) is 72.8 Å². The second-order valence-electron chi connectivity index (χ2n) is 11.0. The lowest BCUT2D eigenvalue weighted by molar-refractivity contribution is -0.144. The van der Waals surface area contributed by atoms with Crippen molar-refractivity contribution in [1.82, 2.24) is 14.1 Å². The van der Waals surface area contributed by atoms with Crippen LogP contribution in [0.4, 0.5) is 8.78 Å². The number of nitrogens with zero attached hydrogens (tertiary/aromatic N) is 3. The summed E-state index contributed by atoms with van der Waals surface area (Å²) in [7, 11) is 0. The van der Waals surface area contributed by atoms with Crippen molar-refractivity contribution in [3.8, 4) is 0 Å². The summed E-state index contributed by atoms with van der Waals surface area (Å²) >= 11 is 0. The quantitative estimate of drug-likeness (QED) is 0.160. The Balaban J connectivity index is 1.71. The Kier molecular flexibility index (Phi) is 8.10. The van der Waals surface area contributed by atoms with Gasteiger partial charge >= 0.3 is 11.9 Å². The van der Waals surface area contributed by atoms with Crippen molar-refractivity contribution in [2.24, 2.45) is 0 Å². The normalized spacial score (nSPS) is 11.6. The molecule has 0 amide bonds. The van der Waals surface area contributed by atoms with E-state index in [1.165, 1.54) is 24.3 Å². The SMILES string of the molecule is CCOC(=O)Cn1c(C)c(C(c2ccc3ccccc3n2)c2c(C)n(CC(=O)OCC)c3ccc(F)cc23)c2cc(F)ccc21. The van der Waals surface area contributed by atoms with E-state index in [1.807, 2.05) is 59.4 Å². The van der Waals surface area contributed by atoms with E-state index in [1.54, 1.807) is 26.0 Å². The molecule has 0 aliphatic carbocycles. The number of ether oxygens (including phenoxy) is 2. The summed E-state index contributed by atoms with van der Waals surface area (Å²) in [4.78, 5) is 30.6. The molecule has 0 spiro atoms. The zero-order chi connectivity index (χ0) is 31.8. The number of halogens is 2. The first-order valence-electron chi connectivity index (χ1n) is 14.9. The summed E-state index contributed by atoms with van der Waals surface area (Å²) in [6.07, 6.45) is 0. The minimum atomic E-state index is -0.630. The molecule has 0 fully saturated rings. The molecule has 0 aliphatic rings. The molecule has 7 nitrogen and oxygen atoms in total. The van der Waals surface area contributed by atoms with Crippen LogP contribution in [0.25, 0.3) is 32.7 Å². The molecule has 45 heavy (non-hydrogen) atoms. The Morgan fingerprint density at radius 1 is 0.733 bits per heavy atom. The van der Waals surface area contributed by atoms with E-state index in [2.05, 4.69) is 0 Å². The first kappa shape index (κ1) is 30.0. The van der Waals surface area contributed by atoms with Crippen LogP contribution in [0.5, 0.6) is 0 Å². The molecule has 6 rings (SSSR count). The molecule has 0 N–H and O–H groups in total. The summed E-state index contributed by atoms with van der Waals surface area (Å²) in [5, 5.41) is 2.14. The number of hydrogen-bond acceptors (Lipinski definition) is 5. The average Bonchev–Trinajstić information content (AvgIpc) is 3.42. The van der Waals surface area contributed by atoms with Gasteiger partial charge in [0.15, 0.2) is 0 Å². The van der Waals surface area contributed by atoms with Gasteiger partial charge in [0.25, 0.3) is 0 Å². The predicted molar refractivity (Wildman–Crippen MR) is 169 cm³/mol. The molecule has 3 aromatic carbocycles. The van der Waals surface area contributed by atoms with E-state index in [0.717, 1.165) is 22.0 Å². The minimum absolute atomic E-state index is 0.0715. The summed E-state index contributed by atoms with van der Waals surface area (Å²) in [6.45, 7) is 7.57. The molecule has 230 valence electrons. The summed E-state index contributed by atoms with van der Waals surface area (Å²) in [5.74, 6) is -2.34. The van der Waals surface area contributed by atoms with Gasteiger partial charge in [-0.2, -0.15) is 0 Å². The topological polar surface area (TPSA) is 75.4 Å². The van der Waals surface area contributed by atoms with E-state index in [9.17, 15) is 9.59 Å². The number of carbonyl (C=O) groups is 2. The van der Waals surface area contributed by atoms with Crippen molar-refractivity contribution < 1.29 is 27.8 Å². The first-order valence-corrected chi connectivity index (χ1v) is 14.9. The molecular weight excluding hydrogens is 576 g/mol. The number of aromatic nitrogens is 3. The Morgan fingerprint density at radius 3 is 1.76 bits per heavy atom. The predicted octanol–water partition coefficient (Wildman–Crippen LogP) is 7.35. The van der Waals surface area contributed by atoms with E-state index in [0.29, 0.717) is 38.9 Å². The van der Waals surface area contributed by atoms with E-state index in [4.69, 9.17) is 14.5 Å². The number of benzene rings is 3. The third-order valence-corrected chi connectivity index (χ3v) is 8.35. The van der Waals surface area contributed by atoms with Gasteiger partial charge in [-0.05, 0) is 87.4 Å². The van der Waals surface area contributed by atoms with Crippen molar-refractivity contribution in [2.75, 3.05) is 13.2 Å². The lowest BCUT2D eigenvalue weighted by atomic mass is 9.84. The van der Waals surface area contributed by atoms with Gasteiger partial charge in [0.1, 0.15) is 24.7 Å². The largest absolute Gasteiger partial charge is 0.465 e. The van der Waals surface area contributed by atoms with Crippen LogP contribution in [0.2, 0.25) is 0 Å². The number of fused-ring (bicyclic) bond motifs is 3. The maximum absolute atomic E-state index is 15.0. The number of para-hydroxylation sites is 1. The number of esters is 2. The molecule has 0 aliphatic heterocycles. The van der Waals surface area contributed by atoms with Gasteiger partial charge in [0, 0.05) is 38.6 Å². The molecule has 6 aromatic rings. The van der Waals surface area contributed by atoms with E-state index in [-0.39, 0.29) is 26.3 Å². The fourth-order valence-electron chi connectivity index (χ4n) is 6.45. The van der Waals surface area contributed by atoms with Crippen LogP contribution in [-0.2, 0) is 32.2 Å². The molecule has 0 atom stereocenters. The van der Waals surface area contributed by atoms with Gasteiger partial charge in [-0.1, -0.05) is 24.3 Å². The fraction of sp³-hybridized carbons (Fsp3) is 0.250. The van der Waals surface area contributed by atoms with Crippen LogP contribution in [0.1, 0.15) is 48.0 Å². The van der Waals surface area contributed by atoms with Gasteiger partial charge in [0.05, 0.1) is 30.3 Å². The molecule has 0 unspecified atom stereocenters. The number of carbonyl (C=O) groups excluding carboxylic acids is 2. The lowest BCUT2D eigenvalue weighted by Gasteiger charge is -2.21. The lowest BCUT2D eigenvalue weighted by Crippen LogP contribution is -2.16. The smallest absolute Gasteiger partial charge is 0.325 e. The first-order chi connectivity index (χ1) is 21.7. The van der Waals surface area contributed by atoms with Crippen LogP contribution in [0.3, 0.4) is 0 Å².